The molecule has 2 rings (SSSR count). The van der Waals surface area contributed by atoms with E-state index >= 15 is 0 Å². The van der Waals surface area contributed by atoms with Crippen molar-refractivity contribution in [3.63, 3.8) is 0 Å². The smallest absolute Gasteiger partial charge is 0.277 e. The van der Waals surface area contributed by atoms with Crippen LogP contribution in [0.2, 0.25) is 0 Å². The van der Waals surface area contributed by atoms with E-state index in [-0.39, 0.29) is 23.5 Å². The number of amides is 1. The zero-order valence-electron chi connectivity index (χ0n) is 14.5. The third-order valence-electron chi connectivity index (χ3n) is 3.50. The van der Waals surface area contributed by atoms with Gasteiger partial charge in [0.1, 0.15) is 17.2 Å². The van der Waals surface area contributed by atoms with Crippen LogP contribution in [0.4, 0.5) is 0 Å². The lowest BCUT2D eigenvalue weighted by Gasteiger charge is -2.19. The quantitative estimate of drug-likeness (QED) is 0.575. The number of nitrogens with zero attached hydrogens (tertiary/aromatic N) is 1. The average Bonchev–Trinajstić information content (AvgIpc) is 2.54. The van der Waals surface area contributed by atoms with E-state index in [1.807, 2.05) is 24.3 Å². The summed E-state index contributed by atoms with van der Waals surface area (Å²) in [6.45, 7) is 6.20. The molecule has 2 aromatic rings. The molecule has 6 nitrogen and oxygen atoms in total. The van der Waals surface area contributed by atoms with Gasteiger partial charge >= 0.3 is 0 Å². The standard InChI is InChI=1S/C19H22N2O4/c1-19(2,3)14-5-8-16(9-6-14)25-12-18(24)21-20-11-13-4-7-15(22)10-17(13)23/h4-11,22-23H,12H2,1-3H3,(H,21,24). The highest BCUT2D eigenvalue weighted by Crippen LogP contribution is 2.24. The number of nitrogens with one attached hydrogen (secondary N) is 1. The number of aromatic hydroxyl groups is 2. The summed E-state index contributed by atoms with van der Waals surface area (Å²) < 4.78 is 5.41. The van der Waals surface area contributed by atoms with E-state index in [2.05, 4.69) is 31.3 Å². The second kappa shape index (κ2) is 7.70. The van der Waals surface area contributed by atoms with Crippen LogP contribution < -0.4 is 10.2 Å². The minimum absolute atomic E-state index is 0.0513. The van der Waals surface area contributed by atoms with Gasteiger partial charge in [-0.2, -0.15) is 5.10 Å². The van der Waals surface area contributed by atoms with Gasteiger partial charge in [0.2, 0.25) is 0 Å². The molecule has 0 aromatic heterocycles. The molecule has 0 aliphatic rings. The second-order valence-corrected chi connectivity index (χ2v) is 6.60. The third-order valence-corrected chi connectivity index (χ3v) is 3.50. The van der Waals surface area contributed by atoms with E-state index in [0.717, 1.165) is 0 Å². The van der Waals surface area contributed by atoms with Crippen LogP contribution in [0.15, 0.2) is 47.6 Å². The Kier molecular flexibility index (Phi) is 5.64. The highest BCUT2D eigenvalue weighted by molar-refractivity contribution is 5.85. The van der Waals surface area contributed by atoms with E-state index in [4.69, 9.17) is 4.74 Å². The Morgan fingerprint density at radius 1 is 1.16 bits per heavy atom. The zero-order chi connectivity index (χ0) is 18.4. The van der Waals surface area contributed by atoms with Crippen molar-refractivity contribution in [1.82, 2.24) is 5.43 Å². The number of ether oxygens (including phenoxy) is 1. The molecule has 0 aliphatic carbocycles. The molecule has 0 fully saturated rings. The van der Waals surface area contributed by atoms with Crippen molar-refractivity contribution in [3.8, 4) is 17.2 Å². The van der Waals surface area contributed by atoms with Gasteiger partial charge in [-0.25, -0.2) is 5.43 Å². The van der Waals surface area contributed by atoms with E-state index in [1.54, 1.807) is 0 Å². The van der Waals surface area contributed by atoms with Crippen LogP contribution >= 0.6 is 0 Å². The fraction of sp³-hybridized carbons (Fsp3) is 0.263. The molecule has 25 heavy (non-hydrogen) atoms. The zero-order valence-corrected chi connectivity index (χ0v) is 14.5. The average molecular weight is 342 g/mol. The largest absolute Gasteiger partial charge is 0.508 e. The van der Waals surface area contributed by atoms with Crippen LogP contribution in [-0.2, 0) is 10.2 Å². The molecule has 0 spiro atoms. The lowest BCUT2D eigenvalue weighted by Crippen LogP contribution is -2.24. The maximum Gasteiger partial charge on any atom is 0.277 e. The first-order valence-electron chi connectivity index (χ1n) is 7.83. The number of carbonyl (C=O) groups is 1. The Bertz CT molecular complexity index is 762. The van der Waals surface area contributed by atoms with Crippen LogP contribution in [0.3, 0.4) is 0 Å². The first-order chi connectivity index (χ1) is 11.8. The monoisotopic (exact) mass is 342 g/mol. The van der Waals surface area contributed by atoms with Crippen molar-refractivity contribution in [1.29, 1.82) is 0 Å². The normalized spacial score (nSPS) is 11.5. The highest BCUT2D eigenvalue weighted by atomic mass is 16.5. The molecule has 0 bridgehead atoms. The number of hydrogen-bond donors (Lipinski definition) is 3. The Morgan fingerprint density at radius 3 is 2.44 bits per heavy atom. The first-order valence-corrected chi connectivity index (χ1v) is 7.83. The topological polar surface area (TPSA) is 91.2 Å². The van der Waals surface area contributed by atoms with Crippen molar-refractivity contribution in [3.05, 3.63) is 53.6 Å². The molecule has 6 heteroatoms. The van der Waals surface area contributed by atoms with E-state index in [9.17, 15) is 15.0 Å². The van der Waals surface area contributed by atoms with Crippen molar-refractivity contribution in [2.75, 3.05) is 6.61 Å². The number of hydrogen-bond acceptors (Lipinski definition) is 5. The summed E-state index contributed by atoms with van der Waals surface area (Å²) in [5.74, 6) is -0.00419. The third kappa shape index (κ3) is 5.53. The summed E-state index contributed by atoms with van der Waals surface area (Å²) in [5, 5.41) is 22.5. The van der Waals surface area contributed by atoms with Gasteiger partial charge in [0.05, 0.1) is 6.21 Å². The number of phenolic OH excluding ortho intramolecular Hbond substituents is 2. The summed E-state index contributed by atoms with van der Waals surface area (Å²) in [6.07, 6.45) is 1.28. The molecule has 0 aliphatic heterocycles. The van der Waals surface area contributed by atoms with Gasteiger partial charge in [0.15, 0.2) is 6.61 Å². The number of hydrazone groups is 1. The van der Waals surface area contributed by atoms with Gasteiger partial charge in [-0.3, -0.25) is 4.79 Å². The highest BCUT2D eigenvalue weighted by Gasteiger charge is 2.13. The maximum atomic E-state index is 11.7. The molecule has 2 aromatic carbocycles. The molecule has 0 saturated carbocycles. The molecule has 0 radical (unpaired) electrons. The Hall–Kier alpha value is -3.02. The number of carbonyl (C=O) groups excluding carboxylic acids is 1. The van der Waals surface area contributed by atoms with E-state index < -0.39 is 5.91 Å². The summed E-state index contributed by atoms with van der Waals surface area (Å²) in [4.78, 5) is 11.7. The van der Waals surface area contributed by atoms with Gasteiger partial charge < -0.3 is 14.9 Å². The predicted octanol–water partition coefficient (Wildman–Crippen LogP) is 2.92. The summed E-state index contributed by atoms with van der Waals surface area (Å²) in [6, 6.07) is 11.7. The molecule has 0 unspecified atom stereocenters. The Morgan fingerprint density at radius 2 is 1.84 bits per heavy atom. The van der Waals surface area contributed by atoms with E-state index in [0.29, 0.717) is 11.3 Å². The summed E-state index contributed by atoms with van der Waals surface area (Å²) in [7, 11) is 0. The fourth-order valence-corrected chi connectivity index (χ4v) is 2.05. The molecule has 1 amide bonds. The van der Waals surface area contributed by atoms with Crippen LogP contribution in [0.5, 0.6) is 17.2 Å². The number of benzene rings is 2. The van der Waals surface area contributed by atoms with Crippen molar-refractivity contribution in [2.45, 2.75) is 26.2 Å². The van der Waals surface area contributed by atoms with Gasteiger partial charge in [0, 0.05) is 11.6 Å². The van der Waals surface area contributed by atoms with Crippen LogP contribution in [0, 0.1) is 0 Å². The SMILES string of the molecule is CC(C)(C)c1ccc(OCC(=O)NN=Cc2ccc(O)cc2O)cc1. The summed E-state index contributed by atoms with van der Waals surface area (Å²) >= 11 is 0. The van der Waals surface area contributed by atoms with Gasteiger partial charge in [-0.15, -0.1) is 0 Å². The number of phenols is 2. The fourth-order valence-electron chi connectivity index (χ4n) is 2.05. The maximum absolute atomic E-state index is 11.7. The lowest BCUT2D eigenvalue weighted by atomic mass is 9.87. The molecule has 0 saturated heterocycles. The van der Waals surface area contributed by atoms with Crippen molar-refractivity contribution < 1.29 is 19.7 Å². The van der Waals surface area contributed by atoms with E-state index in [1.165, 1.54) is 30.0 Å². The Balaban J connectivity index is 1.83. The minimum Gasteiger partial charge on any atom is -0.508 e. The van der Waals surface area contributed by atoms with Gasteiger partial charge in [0.25, 0.3) is 5.91 Å². The molecule has 132 valence electrons. The predicted molar refractivity (Wildman–Crippen MR) is 96.1 cm³/mol. The molecular weight excluding hydrogens is 320 g/mol. The molecule has 3 N–H and O–H groups in total. The molecule has 0 heterocycles. The number of rotatable bonds is 5. The Labute approximate surface area is 146 Å². The minimum atomic E-state index is -0.422. The van der Waals surface area contributed by atoms with Crippen LogP contribution in [0.1, 0.15) is 31.9 Å². The van der Waals surface area contributed by atoms with Crippen molar-refractivity contribution in [2.24, 2.45) is 5.10 Å². The van der Waals surface area contributed by atoms with Crippen LogP contribution in [-0.4, -0.2) is 28.9 Å². The summed E-state index contributed by atoms with van der Waals surface area (Å²) in [5.41, 5.74) is 3.93. The first kappa shape index (κ1) is 18.3. The lowest BCUT2D eigenvalue weighted by molar-refractivity contribution is -0.123. The van der Waals surface area contributed by atoms with Crippen molar-refractivity contribution >= 4 is 12.1 Å². The second-order valence-electron chi connectivity index (χ2n) is 6.60. The van der Waals surface area contributed by atoms with Gasteiger partial charge in [-0.1, -0.05) is 32.9 Å². The van der Waals surface area contributed by atoms with Gasteiger partial charge in [-0.05, 0) is 35.2 Å². The van der Waals surface area contributed by atoms with Crippen LogP contribution in [0.25, 0.3) is 0 Å². The molecular formula is C19H22N2O4. The molecule has 0 atom stereocenters.